The van der Waals surface area contributed by atoms with Crippen LogP contribution in [0.3, 0.4) is 0 Å². The van der Waals surface area contributed by atoms with Gasteiger partial charge in [-0.1, -0.05) is 222 Å². The van der Waals surface area contributed by atoms with Crippen LogP contribution in [0.5, 0.6) is 0 Å². The fourth-order valence-corrected chi connectivity index (χ4v) is 19.5. The summed E-state index contributed by atoms with van der Waals surface area (Å²) in [7, 11) is 0. The lowest BCUT2D eigenvalue weighted by molar-refractivity contribution is -0.156. The van der Waals surface area contributed by atoms with E-state index >= 15 is 0 Å². The van der Waals surface area contributed by atoms with Crippen molar-refractivity contribution < 1.29 is 88.8 Å². The summed E-state index contributed by atoms with van der Waals surface area (Å²) in [6.45, 7) is 116. The van der Waals surface area contributed by atoms with Crippen molar-refractivity contribution in [2.45, 2.75) is 501 Å². The van der Waals surface area contributed by atoms with Crippen LogP contribution in [0.4, 0.5) is 0 Å². The summed E-state index contributed by atoms with van der Waals surface area (Å²) in [6.07, 6.45) is -1.15. The molecule has 20 nitrogen and oxygen atoms in total. The minimum atomic E-state index is -0.989. The van der Waals surface area contributed by atoms with Gasteiger partial charge >= 0.3 is 0 Å². The largest absolute Gasteiger partial charge is 0.393 e. The fourth-order valence-electron chi connectivity index (χ4n) is 19.5. The molecule has 12 unspecified atom stereocenters. The molecule has 0 aromatic carbocycles. The summed E-state index contributed by atoms with van der Waals surface area (Å²) >= 11 is 0. The van der Waals surface area contributed by atoms with E-state index in [4.69, 9.17) is 11.5 Å². The maximum atomic E-state index is 11.7. The molecule has 0 fully saturated rings. The number of nitrogens with two attached hydrogens (primary N) is 2. The normalized spacial score (nSPS) is 17.3. The van der Waals surface area contributed by atoms with Gasteiger partial charge in [0.15, 0.2) is 0 Å². The zero-order valence-corrected chi connectivity index (χ0v) is 92.4. The van der Waals surface area contributed by atoms with Crippen molar-refractivity contribution in [1.82, 2.24) is 0 Å². The van der Waals surface area contributed by atoms with Crippen molar-refractivity contribution in [2.24, 2.45) is 122 Å². The van der Waals surface area contributed by atoms with Gasteiger partial charge in [0, 0.05) is 28.3 Å². The highest BCUT2D eigenvalue weighted by Crippen LogP contribution is 2.51. The molecule has 0 rings (SSSR count). The average molecular weight is 1780 g/mol. The van der Waals surface area contributed by atoms with Crippen LogP contribution in [0, 0.1) is 111 Å². The standard InChI is InChI=1S/C11H23NO.3C11H22O2.C10H21NO.4C10H20O2.C9H18O2.CH4/c1-8(13)11(7,9(2,3)4)10(5,6)12;3*1-8(12)11(7,9(2,3)4)10(5,6)13;1-7(12)8(9(2,3)4)10(5,6)11;3*1-7(11)8(9(2,3)4)10(5,6)12;1-7(11)10(6,8(2)12)9(3,4)5;1-6(10)8(7(2)11)9(3,4)5;/h12H2,1-7H3;3*13H,1-7H3;8H,11H2,1-6H3;3*8,12H,1-6H3;7,11H,1-6H3;6,8,10H,1-5H3;1H4. The van der Waals surface area contributed by atoms with Gasteiger partial charge in [-0.2, -0.15) is 0 Å². The minimum absolute atomic E-state index is 0. The van der Waals surface area contributed by atoms with Crippen LogP contribution in [0.25, 0.3) is 0 Å². The maximum Gasteiger partial charge on any atom is 0.139 e. The molecule has 0 aliphatic heterocycles. The van der Waals surface area contributed by atoms with Gasteiger partial charge in [0.2, 0.25) is 0 Å². The SMILES string of the molecule is C.CC(=O)C(C(C)(C)C)C(C)(C)N.CC(=O)C(C(C)(C)C)C(C)(C)O.CC(=O)C(C(C)(C)C)C(C)(C)O.CC(=O)C(C(C)(C)C)C(C)(C)O.CC(=O)C(C(C)O)C(C)(C)C.CC(=O)C(C)(C(C)(C)C)C(C)(C)N.CC(=O)C(C)(C(C)(C)C)C(C)(C)O.CC(=O)C(C)(C(C)(C)C)C(C)(C)O.CC(=O)C(C)(C(C)(C)C)C(C)(C)O.CC(=O)C(C)(C(C)O)C(C)(C)C. The van der Waals surface area contributed by atoms with Crippen LogP contribution in [0.15, 0.2) is 0 Å². The molecule has 0 aliphatic carbocycles. The molecule has 0 saturated heterocycles. The van der Waals surface area contributed by atoms with Gasteiger partial charge < -0.3 is 52.3 Å². The quantitative estimate of drug-likeness (QED) is 0.0541. The van der Waals surface area contributed by atoms with E-state index in [1.165, 1.54) is 34.6 Å². The number of aliphatic hydroxyl groups is 8. The van der Waals surface area contributed by atoms with E-state index in [2.05, 4.69) is 20.8 Å². The lowest BCUT2D eigenvalue weighted by atomic mass is 9.56. The Morgan fingerprint density at radius 2 is 0.395 bits per heavy atom. The topological polar surface area (TPSA) is 385 Å². The summed E-state index contributed by atoms with van der Waals surface area (Å²) in [5.74, 6) is -0.528. The van der Waals surface area contributed by atoms with Crippen molar-refractivity contribution in [3.05, 3.63) is 0 Å². The summed E-state index contributed by atoms with van der Waals surface area (Å²) < 4.78 is 0. The zero-order chi connectivity index (χ0) is 104. The van der Waals surface area contributed by atoms with Gasteiger partial charge in [0.1, 0.15) is 57.8 Å². The molecule has 0 amide bonds. The number of aliphatic hydroxyl groups excluding tert-OH is 2. The van der Waals surface area contributed by atoms with Crippen LogP contribution in [-0.4, -0.2) is 156 Å². The van der Waals surface area contributed by atoms with Crippen LogP contribution < -0.4 is 11.5 Å². The Kier molecular flexibility index (Phi) is 56.2. The van der Waals surface area contributed by atoms with Crippen molar-refractivity contribution >= 4 is 57.8 Å². The number of Topliss-reactive ketones (excluding diaryl/α,β-unsaturated/α-hetero) is 10. The first-order chi connectivity index (χ1) is 51.9. The van der Waals surface area contributed by atoms with E-state index in [0.717, 1.165) is 0 Å². The number of carbonyl (C=O) groups excluding carboxylic acids is 10. The molecular formula is C104H212N2O18. The molecular weight excluding hydrogens is 1570 g/mol. The lowest BCUT2D eigenvalue weighted by Gasteiger charge is -2.49. The average Bonchev–Trinajstić information content (AvgIpc) is 0.766. The Morgan fingerprint density at radius 1 is 0.234 bits per heavy atom. The van der Waals surface area contributed by atoms with E-state index < -0.39 is 84.0 Å². The molecule has 0 heterocycles. The number of hydrogen-bond donors (Lipinski definition) is 10. The van der Waals surface area contributed by atoms with Gasteiger partial charge in [0.25, 0.3) is 0 Å². The predicted octanol–water partition coefficient (Wildman–Crippen LogP) is 21.8. The predicted molar refractivity (Wildman–Crippen MR) is 524 cm³/mol. The van der Waals surface area contributed by atoms with Crippen molar-refractivity contribution in [2.75, 3.05) is 0 Å². The molecule has 0 aromatic rings. The fraction of sp³-hybridized carbons (Fsp3) is 0.904. The van der Waals surface area contributed by atoms with Crippen LogP contribution in [0.1, 0.15) is 444 Å². The highest BCUT2D eigenvalue weighted by Gasteiger charge is 2.56. The number of rotatable bonds is 20. The third-order valence-electron chi connectivity index (χ3n) is 26.7. The molecule has 0 spiro atoms. The number of ketones is 10. The molecule has 746 valence electrons. The van der Waals surface area contributed by atoms with Gasteiger partial charge in [-0.25, -0.2) is 0 Å². The van der Waals surface area contributed by atoms with E-state index in [9.17, 15) is 88.8 Å². The highest BCUT2D eigenvalue weighted by atomic mass is 16.3. The summed E-state index contributed by atoms with van der Waals surface area (Å²) in [5.41, 5.74) is 0.355. The van der Waals surface area contributed by atoms with Gasteiger partial charge in [-0.3, -0.25) is 47.9 Å². The monoisotopic (exact) mass is 1780 g/mol. The van der Waals surface area contributed by atoms with Crippen molar-refractivity contribution in [3.8, 4) is 0 Å². The van der Waals surface area contributed by atoms with Crippen LogP contribution >= 0.6 is 0 Å². The second-order valence-corrected chi connectivity index (χ2v) is 51.4. The third kappa shape index (κ3) is 44.5. The molecule has 124 heavy (non-hydrogen) atoms. The highest BCUT2D eigenvalue weighted by molar-refractivity contribution is 5.87. The zero-order valence-electron chi connectivity index (χ0n) is 92.4. The Hall–Kier alpha value is -3.70. The number of hydrogen-bond acceptors (Lipinski definition) is 20. The number of carbonyl (C=O) groups is 10. The van der Waals surface area contributed by atoms with Gasteiger partial charge in [0.05, 0.1) is 85.2 Å². The molecule has 0 aromatic heterocycles. The van der Waals surface area contributed by atoms with Crippen molar-refractivity contribution in [3.63, 3.8) is 0 Å². The molecule has 0 saturated carbocycles. The Morgan fingerprint density at radius 3 is 0.395 bits per heavy atom. The first-order valence-electron chi connectivity index (χ1n) is 44.3. The summed E-state index contributed by atoms with van der Waals surface area (Å²) in [4.78, 5) is 114. The molecule has 12 atom stereocenters. The first-order valence-corrected chi connectivity index (χ1v) is 44.3. The smallest absolute Gasteiger partial charge is 0.139 e. The molecule has 0 aliphatic rings. The third-order valence-corrected chi connectivity index (χ3v) is 26.7. The molecule has 20 heteroatoms. The lowest BCUT2D eigenvalue weighted by Crippen LogP contribution is -2.59. The molecule has 12 N–H and O–H groups in total. The Bertz CT molecular complexity index is 2800. The minimum Gasteiger partial charge on any atom is -0.393 e. The van der Waals surface area contributed by atoms with E-state index in [0.29, 0.717) is 0 Å². The Labute approximate surface area is 765 Å². The second-order valence-electron chi connectivity index (χ2n) is 51.4. The molecule has 0 radical (unpaired) electrons. The Balaban J connectivity index is -0.000000127. The van der Waals surface area contributed by atoms with Crippen LogP contribution in [0.2, 0.25) is 0 Å². The van der Waals surface area contributed by atoms with E-state index in [1.54, 1.807) is 132 Å². The van der Waals surface area contributed by atoms with E-state index in [-0.39, 0.29) is 149 Å². The summed E-state index contributed by atoms with van der Waals surface area (Å²) in [5, 5.41) is 78.2. The maximum absolute atomic E-state index is 11.7. The molecule has 0 bridgehead atoms. The van der Waals surface area contributed by atoms with Gasteiger partial charge in [-0.15, -0.1) is 0 Å². The first kappa shape index (κ1) is 143. The van der Waals surface area contributed by atoms with Gasteiger partial charge in [-0.05, 0) is 276 Å². The van der Waals surface area contributed by atoms with E-state index in [1.807, 2.05) is 249 Å². The van der Waals surface area contributed by atoms with Crippen molar-refractivity contribution in [1.29, 1.82) is 0 Å². The second kappa shape index (κ2) is 48.6. The van der Waals surface area contributed by atoms with Crippen LogP contribution in [-0.2, 0) is 47.9 Å². The summed E-state index contributed by atoms with van der Waals surface area (Å²) in [6, 6.07) is 0.